The van der Waals surface area contributed by atoms with E-state index in [-0.39, 0.29) is 5.92 Å². The van der Waals surface area contributed by atoms with Crippen LogP contribution in [0, 0.1) is 0 Å². The lowest BCUT2D eigenvalue weighted by atomic mass is 9.91. The zero-order valence-corrected chi connectivity index (χ0v) is 16.8. The van der Waals surface area contributed by atoms with Gasteiger partial charge in [-0.2, -0.15) is 12.7 Å². The maximum absolute atomic E-state index is 12.9. The minimum Gasteiger partial charge on any atom is -0.361 e. The summed E-state index contributed by atoms with van der Waals surface area (Å²) in [5, 5.41) is 1.13. The summed E-state index contributed by atoms with van der Waals surface area (Å²) in [6.45, 7) is 1.56. The van der Waals surface area contributed by atoms with Crippen LogP contribution in [-0.2, 0) is 10.2 Å². The van der Waals surface area contributed by atoms with Gasteiger partial charge in [0.25, 0.3) is 10.2 Å². The van der Waals surface area contributed by atoms with E-state index in [4.69, 9.17) is 0 Å². The van der Waals surface area contributed by atoms with Gasteiger partial charge in [0.1, 0.15) is 0 Å². The predicted molar refractivity (Wildman–Crippen MR) is 114 cm³/mol. The summed E-state index contributed by atoms with van der Waals surface area (Å²) in [7, 11) is -3.48. The largest absolute Gasteiger partial charge is 0.361 e. The topological polar surface area (TPSA) is 65.2 Å². The van der Waals surface area contributed by atoms with Crippen molar-refractivity contribution in [3.63, 3.8) is 0 Å². The van der Waals surface area contributed by atoms with Crippen LogP contribution in [0.1, 0.15) is 42.7 Å². The average molecular weight is 398 g/mol. The van der Waals surface area contributed by atoms with E-state index in [2.05, 4.69) is 27.9 Å². The highest BCUT2D eigenvalue weighted by atomic mass is 32.2. The van der Waals surface area contributed by atoms with E-state index in [0.717, 1.165) is 47.7 Å². The van der Waals surface area contributed by atoms with Crippen molar-refractivity contribution in [2.75, 3.05) is 19.6 Å². The Morgan fingerprint density at radius 1 is 0.929 bits per heavy atom. The van der Waals surface area contributed by atoms with Gasteiger partial charge in [0, 0.05) is 42.7 Å². The molecular formula is C22H27N3O2S. The number of H-pyrrole nitrogens is 1. The van der Waals surface area contributed by atoms with Crippen molar-refractivity contribution in [1.82, 2.24) is 14.0 Å². The monoisotopic (exact) mass is 397 g/mol. The Kier molecular flexibility index (Phi) is 5.80. The first kappa shape index (κ1) is 19.2. The summed E-state index contributed by atoms with van der Waals surface area (Å²) in [6, 6.07) is 18.3. The number of benzene rings is 2. The first-order valence-electron chi connectivity index (χ1n) is 10.0. The number of aromatic nitrogens is 1. The molecule has 28 heavy (non-hydrogen) atoms. The van der Waals surface area contributed by atoms with Crippen LogP contribution in [0.3, 0.4) is 0 Å². The van der Waals surface area contributed by atoms with E-state index < -0.39 is 10.2 Å². The Balaban J connectivity index is 1.62. The maximum Gasteiger partial charge on any atom is 0.279 e. The molecule has 148 valence electrons. The molecule has 0 amide bonds. The molecule has 3 aromatic rings. The normalized spacial score (nSPS) is 17.4. The second kappa shape index (κ2) is 8.47. The zero-order chi connectivity index (χ0) is 19.4. The van der Waals surface area contributed by atoms with E-state index in [1.807, 2.05) is 42.6 Å². The molecular weight excluding hydrogens is 370 g/mol. The molecule has 0 spiro atoms. The van der Waals surface area contributed by atoms with Gasteiger partial charge in [-0.3, -0.25) is 0 Å². The summed E-state index contributed by atoms with van der Waals surface area (Å²) in [5.74, 6) is -0.0564. The molecule has 1 aliphatic heterocycles. The lowest BCUT2D eigenvalue weighted by Gasteiger charge is -2.23. The molecule has 0 aliphatic carbocycles. The quantitative estimate of drug-likeness (QED) is 0.660. The van der Waals surface area contributed by atoms with Gasteiger partial charge in [0.05, 0.1) is 0 Å². The van der Waals surface area contributed by atoms with Crippen molar-refractivity contribution in [1.29, 1.82) is 0 Å². The second-order valence-corrected chi connectivity index (χ2v) is 9.17. The third-order valence-corrected chi connectivity index (χ3v) is 7.15. The lowest BCUT2D eigenvalue weighted by Crippen LogP contribution is -2.42. The Bertz CT molecular complexity index is 1010. The molecule has 6 heteroatoms. The highest BCUT2D eigenvalue weighted by Gasteiger charge is 2.25. The fourth-order valence-electron chi connectivity index (χ4n) is 4.04. The van der Waals surface area contributed by atoms with Crippen LogP contribution in [-0.4, -0.2) is 37.3 Å². The van der Waals surface area contributed by atoms with Gasteiger partial charge in [-0.25, -0.2) is 4.72 Å². The van der Waals surface area contributed by atoms with Crippen LogP contribution in [0.15, 0.2) is 60.8 Å². The highest BCUT2D eigenvalue weighted by molar-refractivity contribution is 7.87. The van der Waals surface area contributed by atoms with Gasteiger partial charge >= 0.3 is 0 Å². The summed E-state index contributed by atoms with van der Waals surface area (Å²) >= 11 is 0. The van der Waals surface area contributed by atoms with Crippen molar-refractivity contribution in [3.05, 3.63) is 71.9 Å². The van der Waals surface area contributed by atoms with Crippen molar-refractivity contribution in [3.8, 4) is 0 Å². The predicted octanol–water partition coefficient (Wildman–Crippen LogP) is 4.01. The number of nitrogens with zero attached hydrogens (tertiary/aromatic N) is 1. The first-order valence-corrected chi connectivity index (χ1v) is 11.4. The number of rotatable bonds is 6. The summed E-state index contributed by atoms with van der Waals surface area (Å²) in [5.41, 5.74) is 3.28. The lowest BCUT2D eigenvalue weighted by molar-refractivity contribution is 0.414. The van der Waals surface area contributed by atoms with E-state index in [0.29, 0.717) is 19.6 Å². The number of hydrogen-bond acceptors (Lipinski definition) is 2. The van der Waals surface area contributed by atoms with E-state index in [1.165, 1.54) is 0 Å². The molecule has 1 aromatic heterocycles. The van der Waals surface area contributed by atoms with Crippen LogP contribution in [0.4, 0.5) is 0 Å². The molecule has 1 atom stereocenters. The molecule has 2 heterocycles. The minimum atomic E-state index is -3.48. The fraction of sp³-hybridized carbons (Fsp3) is 0.364. The molecule has 2 N–H and O–H groups in total. The average Bonchev–Trinajstić information content (AvgIpc) is 2.94. The standard InChI is InChI=1S/C22H27N3O2S/c26-28(27,25-14-8-1-2-9-15-25)24-17-20(18-10-4-3-5-11-18)21-16-23-22-13-7-6-12-19(21)22/h3-7,10-13,16,20,23-24H,1-2,8-9,14-15,17H2/t20-/m0/s1. The van der Waals surface area contributed by atoms with Crippen molar-refractivity contribution in [2.45, 2.75) is 31.6 Å². The third-order valence-electron chi connectivity index (χ3n) is 5.57. The number of aromatic amines is 1. The third kappa shape index (κ3) is 4.14. The summed E-state index contributed by atoms with van der Waals surface area (Å²) < 4.78 is 30.3. The molecule has 1 fully saturated rings. The molecule has 4 rings (SSSR count). The van der Waals surface area contributed by atoms with E-state index in [1.54, 1.807) is 4.31 Å². The molecule has 5 nitrogen and oxygen atoms in total. The number of nitrogens with one attached hydrogen (secondary N) is 2. The molecule has 2 aromatic carbocycles. The van der Waals surface area contributed by atoms with Crippen LogP contribution in [0.2, 0.25) is 0 Å². The van der Waals surface area contributed by atoms with Crippen molar-refractivity contribution >= 4 is 21.1 Å². The van der Waals surface area contributed by atoms with Gasteiger partial charge in [-0.1, -0.05) is 61.4 Å². The molecule has 1 aliphatic rings. The first-order chi connectivity index (χ1) is 13.6. The highest BCUT2D eigenvalue weighted by Crippen LogP contribution is 2.30. The van der Waals surface area contributed by atoms with Crippen molar-refractivity contribution < 1.29 is 8.42 Å². The summed E-state index contributed by atoms with van der Waals surface area (Å²) in [4.78, 5) is 3.32. The Labute approximate surface area is 166 Å². The molecule has 1 saturated heterocycles. The molecule has 0 radical (unpaired) electrons. The van der Waals surface area contributed by atoms with Gasteiger partial charge in [-0.05, 0) is 30.0 Å². The number of para-hydroxylation sites is 1. The van der Waals surface area contributed by atoms with E-state index >= 15 is 0 Å². The van der Waals surface area contributed by atoms with Gasteiger partial charge < -0.3 is 4.98 Å². The Morgan fingerprint density at radius 2 is 1.61 bits per heavy atom. The maximum atomic E-state index is 12.9. The Morgan fingerprint density at radius 3 is 2.36 bits per heavy atom. The second-order valence-electron chi connectivity index (χ2n) is 7.42. The van der Waals surface area contributed by atoms with Gasteiger partial charge in [0.2, 0.25) is 0 Å². The zero-order valence-electron chi connectivity index (χ0n) is 16.0. The van der Waals surface area contributed by atoms with Crippen LogP contribution in [0.25, 0.3) is 10.9 Å². The fourth-order valence-corrected chi connectivity index (χ4v) is 5.34. The molecule has 0 unspecified atom stereocenters. The molecule has 0 bridgehead atoms. The van der Waals surface area contributed by atoms with Crippen LogP contribution < -0.4 is 4.72 Å². The number of fused-ring (bicyclic) bond motifs is 1. The van der Waals surface area contributed by atoms with Crippen molar-refractivity contribution in [2.24, 2.45) is 0 Å². The van der Waals surface area contributed by atoms with Crippen LogP contribution in [0.5, 0.6) is 0 Å². The Hall–Kier alpha value is -2.15. The van der Waals surface area contributed by atoms with Gasteiger partial charge in [-0.15, -0.1) is 0 Å². The SMILES string of the molecule is O=S(=O)(NC[C@@H](c1ccccc1)c1c[nH]c2ccccc12)N1CCCCCC1. The summed E-state index contributed by atoms with van der Waals surface area (Å²) in [6.07, 6.45) is 6.08. The smallest absolute Gasteiger partial charge is 0.279 e. The van der Waals surface area contributed by atoms with Gasteiger partial charge in [0.15, 0.2) is 0 Å². The van der Waals surface area contributed by atoms with Crippen LogP contribution >= 0.6 is 0 Å². The number of hydrogen-bond donors (Lipinski definition) is 2. The molecule has 0 saturated carbocycles. The minimum absolute atomic E-state index is 0.0564. The van der Waals surface area contributed by atoms with E-state index in [9.17, 15) is 8.42 Å².